The van der Waals surface area contributed by atoms with E-state index in [4.69, 9.17) is 0 Å². The maximum atomic E-state index is 4.36. The summed E-state index contributed by atoms with van der Waals surface area (Å²) in [6.45, 7) is 3.17. The molecule has 0 aliphatic rings. The third-order valence-electron chi connectivity index (χ3n) is 2.47. The molecule has 0 spiro atoms. The minimum absolute atomic E-state index is 1.01. The largest absolute Gasteiger partial charge is 0.330 e. The van der Waals surface area contributed by atoms with Crippen LogP contribution >= 0.6 is 0 Å². The van der Waals surface area contributed by atoms with Crippen LogP contribution in [0.2, 0.25) is 0 Å². The standard InChI is InChI=1S/C13H16N2/c1-2-3-4-7-10-15-11-14-12-8-5-6-9-13(12)15/h3-6,8-9,11H,2,7,10H2,1H3/b4-3-. The molecule has 15 heavy (non-hydrogen) atoms. The predicted octanol–water partition coefficient (Wildman–Crippen LogP) is 3.39. The number of hydrogen-bond donors (Lipinski definition) is 0. The summed E-state index contributed by atoms with van der Waals surface area (Å²) < 4.78 is 2.20. The topological polar surface area (TPSA) is 17.8 Å². The maximum absolute atomic E-state index is 4.36. The Bertz CT molecular complexity index is 454. The Hall–Kier alpha value is -1.57. The second-order valence-electron chi connectivity index (χ2n) is 3.60. The molecule has 0 saturated heterocycles. The van der Waals surface area contributed by atoms with Crippen molar-refractivity contribution in [2.75, 3.05) is 0 Å². The van der Waals surface area contributed by atoms with Crippen LogP contribution in [0.3, 0.4) is 0 Å². The highest BCUT2D eigenvalue weighted by atomic mass is 15.0. The summed E-state index contributed by atoms with van der Waals surface area (Å²) in [5.41, 5.74) is 2.30. The van der Waals surface area contributed by atoms with Crippen molar-refractivity contribution in [1.82, 2.24) is 9.55 Å². The summed E-state index contributed by atoms with van der Waals surface area (Å²) in [5.74, 6) is 0. The number of imidazole rings is 1. The van der Waals surface area contributed by atoms with Gasteiger partial charge >= 0.3 is 0 Å². The van der Waals surface area contributed by atoms with Crippen LogP contribution in [-0.4, -0.2) is 9.55 Å². The van der Waals surface area contributed by atoms with Gasteiger partial charge in [-0.25, -0.2) is 4.98 Å². The lowest BCUT2D eigenvalue weighted by Gasteiger charge is -2.00. The van der Waals surface area contributed by atoms with E-state index >= 15 is 0 Å². The molecule has 1 aromatic carbocycles. The Morgan fingerprint density at radius 2 is 2.13 bits per heavy atom. The highest BCUT2D eigenvalue weighted by Gasteiger charge is 1.98. The SMILES string of the molecule is CC/C=C\CCn1cnc2ccccc21. The number of fused-ring (bicyclic) bond motifs is 1. The van der Waals surface area contributed by atoms with Crippen molar-refractivity contribution in [2.45, 2.75) is 26.3 Å². The highest BCUT2D eigenvalue weighted by Crippen LogP contribution is 2.12. The zero-order valence-electron chi connectivity index (χ0n) is 9.06. The predicted molar refractivity (Wildman–Crippen MR) is 63.8 cm³/mol. The van der Waals surface area contributed by atoms with Gasteiger partial charge in [-0.2, -0.15) is 0 Å². The van der Waals surface area contributed by atoms with Crippen LogP contribution in [0.4, 0.5) is 0 Å². The molecular formula is C13H16N2. The Morgan fingerprint density at radius 3 is 3.00 bits per heavy atom. The van der Waals surface area contributed by atoms with Gasteiger partial charge in [-0.15, -0.1) is 0 Å². The maximum Gasteiger partial charge on any atom is 0.0958 e. The third-order valence-corrected chi connectivity index (χ3v) is 2.47. The molecule has 0 fully saturated rings. The first kappa shape index (κ1) is 9.97. The van der Waals surface area contributed by atoms with Crippen LogP contribution in [0.1, 0.15) is 19.8 Å². The zero-order chi connectivity index (χ0) is 10.5. The van der Waals surface area contributed by atoms with E-state index in [-0.39, 0.29) is 0 Å². The van der Waals surface area contributed by atoms with Gasteiger partial charge in [-0.05, 0) is 25.0 Å². The number of rotatable bonds is 4. The first-order valence-electron chi connectivity index (χ1n) is 5.46. The summed E-state index contributed by atoms with van der Waals surface area (Å²) in [7, 11) is 0. The summed E-state index contributed by atoms with van der Waals surface area (Å²) in [6.07, 6.45) is 8.55. The second-order valence-corrected chi connectivity index (χ2v) is 3.60. The normalized spacial score (nSPS) is 11.5. The van der Waals surface area contributed by atoms with E-state index in [2.05, 4.69) is 40.8 Å². The Morgan fingerprint density at radius 1 is 1.27 bits per heavy atom. The van der Waals surface area contributed by atoms with Gasteiger partial charge in [0.1, 0.15) is 0 Å². The number of nitrogens with zero attached hydrogens (tertiary/aromatic N) is 2. The zero-order valence-corrected chi connectivity index (χ0v) is 9.06. The van der Waals surface area contributed by atoms with E-state index in [1.165, 1.54) is 5.52 Å². The van der Waals surface area contributed by atoms with Crippen molar-refractivity contribution in [3.8, 4) is 0 Å². The van der Waals surface area contributed by atoms with Gasteiger partial charge in [0.25, 0.3) is 0 Å². The van der Waals surface area contributed by atoms with Crippen LogP contribution in [0.25, 0.3) is 11.0 Å². The van der Waals surface area contributed by atoms with Crippen LogP contribution in [0, 0.1) is 0 Å². The summed E-state index contributed by atoms with van der Waals surface area (Å²) in [4.78, 5) is 4.36. The molecule has 0 radical (unpaired) electrons. The van der Waals surface area contributed by atoms with Gasteiger partial charge in [0.05, 0.1) is 17.4 Å². The van der Waals surface area contributed by atoms with E-state index < -0.39 is 0 Å². The van der Waals surface area contributed by atoms with Crippen LogP contribution in [-0.2, 0) is 6.54 Å². The minimum Gasteiger partial charge on any atom is -0.330 e. The van der Waals surface area contributed by atoms with E-state index in [1.54, 1.807) is 0 Å². The first-order valence-corrected chi connectivity index (χ1v) is 5.46. The molecule has 0 amide bonds. The molecule has 2 rings (SSSR count). The average Bonchev–Trinajstić information content (AvgIpc) is 2.68. The van der Waals surface area contributed by atoms with Crippen molar-refractivity contribution in [1.29, 1.82) is 0 Å². The molecule has 0 N–H and O–H groups in total. The molecule has 0 aliphatic carbocycles. The monoisotopic (exact) mass is 200 g/mol. The molecule has 0 aliphatic heterocycles. The minimum atomic E-state index is 1.01. The van der Waals surface area contributed by atoms with Gasteiger partial charge < -0.3 is 4.57 Å². The molecule has 78 valence electrons. The summed E-state index contributed by atoms with van der Waals surface area (Å²) in [6, 6.07) is 8.25. The van der Waals surface area contributed by atoms with Gasteiger partial charge in [0.2, 0.25) is 0 Å². The highest BCUT2D eigenvalue weighted by molar-refractivity contribution is 5.74. The number of aromatic nitrogens is 2. The molecular weight excluding hydrogens is 184 g/mol. The first-order chi connectivity index (χ1) is 7.42. The van der Waals surface area contributed by atoms with Crippen molar-refractivity contribution in [2.24, 2.45) is 0 Å². The van der Waals surface area contributed by atoms with Crippen LogP contribution in [0.5, 0.6) is 0 Å². The number of benzene rings is 1. The fourth-order valence-electron chi connectivity index (χ4n) is 1.69. The molecule has 0 bridgehead atoms. The Labute approximate surface area is 90.3 Å². The number of hydrogen-bond acceptors (Lipinski definition) is 1. The van der Waals surface area contributed by atoms with Crippen molar-refractivity contribution < 1.29 is 0 Å². The molecule has 2 nitrogen and oxygen atoms in total. The molecule has 1 heterocycles. The molecule has 0 atom stereocenters. The number of allylic oxidation sites excluding steroid dienone is 2. The average molecular weight is 200 g/mol. The molecule has 2 aromatic rings. The fraction of sp³-hybridized carbons (Fsp3) is 0.308. The van der Waals surface area contributed by atoms with Gasteiger partial charge in [-0.1, -0.05) is 31.2 Å². The Balaban J connectivity index is 2.11. The van der Waals surface area contributed by atoms with Gasteiger partial charge in [0.15, 0.2) is 0 Å². The Kier molecular flexibility index (Phi) is 3.18. The van der Waals surface area contributed by atoms with E-state index in [1.807, 2.05) is 18.5 Å². The number of aryl methyl sites for hydroxylation is 1. The lowest BCUT2D eigenvalue weighted by Crippen LogP contribution is -1.93. The number of para-hydroxylation sites is 2. The molecule has 1 aromatic heterocycles. The molecule has 0 unspecified atom stereocenters. The smallest absolute Gasteiger partial charge is 0.0958 e. The quantitative estimate of drug-likeness (QED) is 0.692. The third kappa shape index (κ3) is 2.27. The van der Waals surface area contributed by atoms with Crippen molar-refractivity contribution >= 4 is 11.0 Å². The molecule has 2 heteroatoms. The second kappa shape index (κ2) is 4.78. The molecule has 0 saturated carbocycles. The van der Waals surface area contributed by atoms with Crippen LogP contribution in [0.15, 0.2) is 42.7 Å². The van der Waals surface area contributed by atoms with Gasteiger partial charge in [-0.3, -0.25) is 0 Å². The van der Waals surface area contributed by atoms with Crippen molar-refractivity contribution in [3.05, 3.63) is 42.7 Å². The van der Waals surface area contributed by atoms with E-state index in [9.17, 15) is 0 Å². The lowest BCUT2D eigenvalue weighted by molar-refractivity contribution is 0.729. The fourth-order valence-corrected chi connectivity index (χ4v) is 1.69. The summed E-state index contributed by atoms with van der Waals surface area (Å²) >= 11 is 0. The van der Waals surface area contributed by atoms with E-state index in [0.717, 1.165) is 24.9 Å². The van der Waals surface area contributed by atoms with Crippen molar-refractivity contribution in [3.63, 3.8) is 0 Å². The van der Waals surface area contributed by atoms with E-state index in [0.29, 0.717) is 0 Å². The summed E-state index contributed by atoms with van der Waals surface area (Å²) in [5, 5.41) is 0. The van der Waals surface area contributed by atoms with Crippen LogP contribution < -0.4 is 0 Å². The van der Waals surface area contributed by atoms with Gasteiger partial charge in [0, 0.05) is 6.54 Å². The lowest BCUT2D eigenvalue weighted by atomic mass is 10.3.